The summed E-state index contributed by atoms with van der Waals surface area (Å²) in [4.78, 5) is 38.1. The maximum Gasteiger partial charge on any atom is 0.267 e. The van der Waals surface area contributed by atoms with Crippen molar-refractivity contribution < 1.29 is 14.0 Å². The van der Waals surface area contributed by atoms with Crippen molar-refractivity contribution in [2.45, 2.75) is 6.54 Å². The van der Waals surface area contributed by atoms with Crippen LogP contribution in [0.1, 0.15) is 0 Å². The highest BCUT2D eigenvalue weighted by molar-refractivity contribution is 6.09. The minimum atomic E-state index is -0.414. The van der Waals surface area contributed by atoms with Crippen LogP contribution in [0.25, 0.3) is 11.5 Å². The molecule has 0 unspecified atom stereocenters. The first-order chi connectivity index (χ1) is 12.6. The Kier molecular flexibility index (Phi) is 3.85. The van der Waals surface area contributed by atoms with Gasteiger partial charge in [-0.3, -0.25) is 19.3 Å². The van der Waals surface area contributed by atoms with Crippen LogP contribution in [-0.2, 0) is 16.1 Å². The summed E-state index contributed by atoms with van der Waals surface area (Å²) in [5, 5.41) is 6.91. The first-order valence-corrected chi connectivity index (χ1v) is 7.93. The molecule has 3 heterocycles. The van der Waals surface area contributed by atoms with E-state index in [1.54, 1.807) is 36.4 Å². The summed E-state index contributed by atoms with van der Waals surface area (Å²) in [6.07, 6.45) is 1.50. The van der Waals surface area contributed by atoms with E-state index in [2.05, 4.69) is 10.4 Å². The number of aromatic nitrogens is 2. The maximum atomic E-state index is 12.7. The fourth-order valence-electron chi connectivity index (χ4n) is 2.79. The summed E-state index contributed by atoms with van der Waals surface area (Å²) in [5.41, 5.74) is 1.18. The minimum Gasteiger partial charge on any atom is -0.463 e. The highest BCUT2D eigenvalue weighted by Crippen LogP contribution is 2.29. The molecule has 130 valence electrons. The zero-order valence-corrected chi connectivity index (χ0v) is 13.6. The van der Waals surface area contributed by atoms with Gasteiger partial charge in [0.25, 0.3) is 5.56 Å². The summed E-state index contributed by atoms with van der Waals surface area (Å²) in [5.74, 6) is -0.200. The average molecular weight is 350 g/mol. The number of nitrogens with zero attached hydrogens (tertiary/aromatic N) is 3. The van der Waals surface area contributed by atoms with Crippen LogP contribution in [0.3, 0.4) is 0 Å². The van der Waals surface area contributed by atoms with E-state index < -0.39 is 11.5 Å². The molecule has 0 bridgehead atoms. The van der Waals surface area contributed by atoms with E-state index in [1.807, 2.05) is 0 Å². The van der Waals surface area contributed by atoms with Crippen molar-refractivity contribution in [3.63, 3.8) is 0 Å². The third-order valence-electron chi connectivity index (χ3n) is 4.00. The van der Waals surface area contributed by atoms with Crippen molar-refractivity contribution in [1.82, 2.24) is 9.78 Å². The van der Waals surface area contributed by atoms with Crippen LogP contribution in [0.15, 0.2) is 64.0 Å². The molecule has 1 aliphatic rings. The second kappa shape index (κ2) is 6.32. The lowest BCUT2D eigenvalue weighted by molar-refractivity contribution is -0.122. The van der Waals surface area contributed by atoms with Crippen LogP contribution < -0.4 is 15.8 Å². The van der Waals surface area contributed by atoms with Gasteiger partial charge in [0.1, 0.15) is 18.8 Å². The number of carbonyl (C=O) groups excluding carboxylic acids is 2. The van der Waals surface area contributed by atoms with Crippen LogP contribution in [0.2, 0.25) is 0 Å². The first-order valence-electron chi connectivity index (χ1n) is 7.93. The number of para-hydroxylation sites is 2. The van der Waals surface area contributed by atoms with Crippen molar-refractivity contribution >= 4 is 23.2 Å². The van der Waals surface area contributed by atoms with E-state index in [0.29, 0.717) is 22.8 Å². The predicted octanol–water partition coefficient (Wildman–Crippen LogP) is 1.49. The molecule has 8 nitrogen and oxygen atoms in total. The molecule has 0 radical (unpaired) electrons. The van der Waals surface area contributed by atoms with Gasteiger partial charge in [-0.1, -0.05) is 12.1 Å². The van der Waals surface area contributed by atoms with Gasteiger partial charge in [-0.05, 0) is 30.3 Å². The molecule has 0 saturated heterocycles. The number of furan rings is 1. The molecule has 8 heteroatoms. The van der Waals surface area contributed by atoms with Gasteiger partial charge in [0, 0.05) is 6.07 Å². The molecule has 26 heavy (non-hydrogen) atoms. The fourth-order valence-corrected chi connectivity index (χ4v) is 2.79. The molecular weight excluding hydrogens is 336 g/mol. The Labute approximate surface area is 147 Å². The van der Waals surface area contributed by atoms with Gasteiger partial charge < -0.3 is 9.73 Å². The normalized spacial score (nSPS) is 13.2. The molecule has 0 atom stereocenters. The van der Waals surface area contributed by atoms with Gasteiger partial charge in [0.05, 0.1) is 17.6 Å². The number of amides is 2. The van der Waals surface area contributed by atoms with Crippen molar-refractivity contribution in [2.24, 2.45) is 0 Å². The topological polar surface area (TPSA) is 97.4 Å². The van der Waals surface area contributed by atoms with E-state index in [-0.39, 0.29) is 19.0 Å². The van der Waals surface area contributed by atoms with Gasteiger partial charge in [-0.2, -0.15) is 5.10 Å². The summed E-state index contributed by atoms with van der Waals surface area (Å²) in [6, 6.07) is 13.3. The minimum absolute atomic E-state index is 0.109. The number of benzene rings is 1. The zero-order chi connectivity index (χ0) is 18.1. The average Bonchev–Trinajstić information content (AvgIpc) is 3.17. The van der Waals surface area contributed by atoms with Crippen molar-refractivity contribution in [1.29, 1.82) is 0 Å². The lowest BCUT2D eigenvalue weighted by Crippen LogP contribution is -2.44. The van der Waals surface area contributed by atoms with Gasteiger partial charge in [0.2, 0.25) is 11.8 Å². The number of anilines is 2. The van der Waals surface area contributed by atoms with Crippen LogP contribution in [-0.4, -0.2) is 28.1 Å². The summed E-state index contributed by atoms with van der Waals surface area (Å²) in [6.45, 7) is -0.391. The van der Waals surface area contributed by atoms with E-state index >= 15 is 0 Å². The Bertz CT molecular complexity index is 1040. The standard InChI is InChI=1S/C18H14N4O4/c23-16-10-21(14-5-2-1-4-12(14)19-16)18(25)11-22-17(24)8-7-13(20-22)15-6-3-9-26-15/h1-9H,10-11H2,(H,19,23). The molecule has 0 fully saturated rings. The third kappa shape index (κ3) is 2.88. The summed E-state index contributed by atoms with van der Waals surface area (Å²) >= 11 is 0. The van der Waals surface area contributed by atoms with Crippen LogP contribution >= 0.6 is 0 Å². The van der Waals surface area contributed by atoms with Gasteiger partial charge >= 0.3 is 0 Å². The number of hydrogen-bond acceptors (Lipinski definition) is 5. The number of carbonyl (C=O) groups is 2. The zero-order valence-electron chi connectivity index (χ0n) is 13.6. The quantitative estimate of drug-likeness (QED) is 0.772. The van der Waals surface area contributed by atoms with E-state index in [0.717, 1.165) is 4.68 Å². The van der Waals surface area contributed by atoms with Crippen molar-refractivity contribution in [2.75, 3.05) is 16.8 Å². The molecular formula is C18H14N4O4. The predicted molar refractivity (Wildman–Crippen MR) is 93.6 cm³/mol. The van der Waals surface area contributed by atoms with Crippen molar-refractivity contribution in [3.8, 4) is 11.5 Å². The molecule has 3 aromatic rings. The SMILES string of the molecule is O=C1CN(C(=O)Cn2nc(-c3ccco3)ccc2=O)c2ccccc2N1. The van der Waals surface area contributed by atoms with Gasteiger partial charge in [-0.25, -0.2) is 4.68 Å². The molecule has 0 aliphatic carbocycles. The van der Waals surface area contributed by atoms with Crippen LogP contribution in [0, 0.1) is 0 Å². The second-order valence-corrected chi connectivity index (χ2v) is 5.74. The smallest absolute Gasteiger partial charge is 0.267 e. The van der Waals surface area contributed by atoms with Gasteiger partial charge in [-0.15, -0.1) is 0 Å². The first kappa shape index (κ1) is 15.8. The van der Waals surface area contributed by atoms with Crippen LogP contribution in [0.4, 0.5) is 11.4 Å². The second-order valence-electron chi connectivity index (χ2n) is 5.74. The Morgan fingerprint density at radius 3 is 2.77 bits per heavy atom. The molecule has 4 rings (SSSR count). The molecule has 1 aliphatic heterocycles. The fraction of sp³-hybridized carbons (Fsp3) is 0.111. The molecule has 2 aromatic heterocycles. The van der Waals surface area contributed by atoms with E-state index in [1.165, 1.54) is 23.3 Å². The van der Waals surface area contributed by atoms with Gasteiger partial charge in [0.15, 0.2) is 5.76 Å². The highest BCUT2D eigenvalue weighted by atomic mass is 16.3. The summed E-state index contributed by atoms with van der Waals surface area (Å²) < 4.78 is 6.33. The maximum absolute atomic E-state index is 12.7. The van der Waals surface area contributed by atoms with Crippen molar-refractivity contribution in [3.05, 3.63) is 65.1 Å². The van der Waals surface area contributed by atoms with E-state index in [9.17, 15) is 14.4 Å². The Morgan fingerprint density at radius 1 is 1.12 bits per heavy atom. The van der Waals surface area contributed by atoms with Crippen LogP contribution in [0.5, 0.6) is 0 Å². The Morgan fingerprint density at radius 2 is 1.96 bits per heavy atom. The Balaban J connectivity index is 1.64. The number of rotatable bonds is 3. The summed E-state index contributed by atoms with van der Waals surface area (Å²) in [7, 11) is 0. The monoisotopic (exact) mass is 350 g/mol. The molecule has 0 saturated carbocycles. The molecule has 0 spiro atoms. The van der Waals surface area contributed by atoms with E-state index in [4.69, 9.17) is 4.42 Å². The molecule has 1 N–H and O–H groups in total. The molecule has 2 amide bonds. The lowest BCUT2D eigenvalue weighted by Gasteiger charge is -2.29. The highest BCUT2D eigenvalue weighted by Gasteiger charge is 2.27. The number of nitrogens with one attached hydrogen (secondary N) is 1. The number of fused-ring (bicyclic) bond motifs is 1. The molecule has 1 aromatic carbocycles. The third-order valence-corrected chi connectivity index (χ3v) is 4.00. The largest absolute Gasteiger partial charge is 0.463 e. The number of hydrogen-bond donors (Lipinski definition) is 1. The Hall–Kier alpha value is -3.68. The lowest BCUT2D eigenvalue weighted by atomic mass is 10.2.